The lowest BCUT2D eigenvalue weighted by molar-refractivity contribution is -0.130. The van der Waals surface area contributed by atoms with Gasteiger partial charge < -0.3 is 15.8 Å². The number of rotatable bonds is 6. The standard InChI is InChI=1S/C19H30N4O4/c1-12(2)15(20)17(25)21-14(11-13-9-7-6-8-10-13)16(24)22-23-18(26)27-19(3,4)5/h6-10,12,14-15H,11,20H2,1-5H3,(H,21,25)(H,22,24)(H,23,26)/t14-,15-/m0/s1. The summed E-state index contributed by atoms with van der Waals surface area (Å²) in [6, 6.07) is 7.58. The highest BCUT2D eigenvalue weighted by Crippen LogP contribution is 2.07. The summed E-state index contributed by atoms with van der Waals surface area (Å²) in [5.74, 6) is -1.09. The van der Waals surface area contributed by atoms with Gasteiger partial charge in [0.2, 0.25) is 5.91 Å². The van der Waals surface area contributed by atoms with Crippen LogP contribution in [0.3, 0.4) is 0 Å². The number of hydrogen-bond donors (Lipinski definition) is 4. The van der Waals surface area contributed by atoms with Gasteiger partial charge in [-0.15, -0.1) is 0 Å². The van der Waals surface area contributed by atoms with Crippen LogP contribution < -0.4 is 21.9 Å². The van der Waals surface area contributed by atoms with Gasteiger partial charge in [-0.3, -0.25) is 15.0 Å². The molecular weight excluding hydrogens is 348 g/mol. The number of amides is 3. The van der Waals surface area contributed by atoms with E-state index in [1.807, 2.05) is 44.2 Å². The highest BCUT2D eigenvalue weighted by molar-refractivity contribution is 5.90. The Hall–Kier alpha value is -2.61. The second-order valence-corrected chi connectivity index (χ2v) is 7.64. The average molecular weight is 378 g/mol. The van der Waals surface area contributed by atoms with Gasteiger partial charge in [0.1, 0.15) is 11.6 Å². The highest BCUT2D eigenvalue weighted by Gasteiger charge is 2.26. The van der Waals surface area contributed by atoms with Crippen LogP contribution in [0.4, 0.5) is 4.79 Å². The van der Waals surface area contributed by atoms with Crippen molar-refractivity contribution in [2.24, 2.45) is 11.7 Å². The Balaban J connectivity index is 2.78. The van der Waals surface area contributed by atoms with Crippen molar-refractivity contribution in [3.05, 3.63) is 35.9 Å². The van der Waals surface area contributed by atoms with Crippen LogP contribution in [0.2, 0.25) is 0 Å². The van der Waals surface area contributed by atoms with Gasteiger partial charge in [-0.25, -0.2) is 10.2 Å². The quantitative estimate of drug-likeness (QED) is 0.555. The SMILES string of the molecule is CC(C)[C@H](N)C(=O)N[C@@H](Cc1ccccc1)C(=O)NNC(=O)OC(C)(C)C. The number of hydrogen-bond acceptors (Lipinski definition) is 5. The molecule has 3 amide bonds. The molecule has 1 rings (SSSR count). The zero-order valence-electron chi connectivity index (χ0n) is 16.5. The molecule has 0 radical (unpaired) electrons. The molecule has 1 aromatic rings. The van der Waals surface area contributed by atoms with E-state index in [1.165, 1.54) is 0 Å². The normalized spacial score (nSPS) is 13.4. The summed E-state index contributed by atoms with van der Waals surface area (Å²) in [6.07, 6.45) is -0.543. The number of carbonyl (C=O) groups excluding carboxylic acids is 3. The Morgan fingerprint density at radius 3 is 2.15 bits per heavy atom. The van der Waals surface area contributed by atoms with Crippen molar-refractivity contribution < 1.29 is 19.1 Å². The summed E-state index contributed by atoms with van der Waals surface area (Å²) in [6.45, 7) is 8.77. The molecule has 0 aliphatic heterocycles. The van der Waals surface area contributed by atoms with Crippen molar-refractivity contribution >= 4 is 17.9 Å². The zero-order valence-corrected chi connectivity index (χ0v) is 16.5. The van der Waals surface area contributed by atoms with E-state index >= 15 is 0 Å². The van der Waals surface area contributed by atoms with Gasteiger partial charge >= 0.3 is 6.09 Å². The highest BCUT2D eigenvalue weighted by atomic mass is 16.6. The maximum absolute atomic E-state index is 12.5. The summed E-state index contributed by atoms with van der Waals surface area (Å²) in [5.41, 5.74) is 10.5. The Kier molecular flexibility index (Phi) is 8.24. The summed E-state index contributed by atoms with van der Waals surface area (Å²) in [7, 11) is 0. The van der Waals surface area contributed by atoms with Crippen LogP contribution >= 0.6 is 0 Å². The van der Waals surface area contributed by atoms with E-state index in [4.69, 9.17) is 10.5 Å². The molecule has 27 heavy (non-hydrogen) atoms. The third-order valence-electron chi connectivity index (χ3n) is 3.62. The van der Waals surface area contributed by atoms with Crippen molar-refractivity contribution in [2.45, 2.75) is 58.7 Å². The fourth-order valence-corrected chi connectivity index (χ4v) is 2.13. The lowest BCUT2D eigenvalue weighted by Gasteiger charge is -2.23. The van der Waals surface area contributed by atoms with E-state index in [1.54, 1.807) is 20.8 Å². The Morgan fingerprint density at radius 1 is 1.04 bits per heavy atom. The largest absolute Gasteiger partial charge is 0.443 e. The lowest BCUT2D eigenvalue weighted by atomic mass is 10.0. The Bertz CT molecular complexity index is 641. The second kappa shape index (κ2) is 9.91. The van der Waals surface area contributed by atoms with Crippen LogP contribution in [-0.2, 0) is 20.7 Å². The minimum Gasteiger partial charge on any atom is -0.443 e. The predicted octanol–water partition coefficient (Wildman–Crippen LogP) is 1.25. The molecule has 2 atom stereocenters. The number of benzene rings is 1. The number of nitrogens with two attached hydrogens (primary N) is 1. The first kappa shape index (κ1) is 22.4. The van der Waals surface area contributed by atoms with E-state index in [2.05, 4.69) is 16.2 Å². The van der Waals surface area contributed by atoms with Crippen LogP contribution in [0.15, 0.2) is 30.3 Å². The first-order chi connectivity index (χ1) is 12.5. The molecule has 150 valence electrons. The van der Waals surface area contributed by atoms with E-state index < -0.39 is 35.6 Å². The summed E-state index contributed by atoms with van der Waals surface area (Å²) in [4.78, 5) is 36.5. The van der Waals surface area contributed by atoms with Crippen LogP contribution in [0.1, 0.15) is 40.2 Å². The molecule has 8 heteroatoms. The molecule has 0 aromatic heterocycles. The van der Waals surface area contributed by atoms with Crippen molar-refractivity contribution in [1.82, 2.24) is 16.2 Å². The third-order valence-corrected chi connectivity index (χ3v) is 3.62. The molecule has 0 aliphatic carbocycles. The van der Waals surface area contributed by atoms with Gasteiger partial charge in [-0.1, -0.05) is 44.2 Å². The van der Waals surface area contributed by atoms with Gasteiger partial charge in [0, 0.05) is 6.42 Å². The van der Waals surface area contributed by atoms with E-state index in [0.717, 1.165) is 5.56 Å². The topological polar surface area (TPSA) is 123 Å². The summed E-state index contributed by atoms with van der Waals surface area (Å²) < 4.78 is 5.06. The molecule has 0 bridgehead atoms. The predicted molar refractivity (Wildman–Crippen MR) is 102 cm³/mol. The molecule has 5 N–H and O–H groups in total. The van der Waals surface area contributed by atoms with Crippen molar-refractivity contribution in [3.8, 4) is 0 Å². The van der Waals surface area contributed by atoms with Crippen LogP contribution in [0.25, 0.3) is 0 Å². The minimum atomic E-state index is -0.903. The molecular formula is C19H30N4O4. The van der Waals surface area contributed by atoms with Crippen LogP contribution in [-0.4, -0.2) is 35.6 Å². The fraction of sp³-hybridized carbons (Fsp3) is 0.526. The van der Waals surface area contributed by atoms with Gasteiger partial charge in [-0.05, 0) is 32.3 Å². The van der Waals surface area contributed by atoms with E-state index in [-0.39, 0.29) is 12.3 Å². The van der Waals surface area contributed by atoms with E-state index in [0.29, 0.717) is 0 Å². The van der Waals surface area contributed by atoms with Crippen molar-refractivity contribution in [1.29, 1.82) is 0 Å². The van der Waals surface area contributed by atoms with Gasteiger partial charge in [-0.2, -0.15) is 0 Å². The molecule has 1 aromatic carbocycles. The van der Waals surface area contributed by atoms with Gasteiger partial charge in [0.15, 0.2) is 0 Å². The molecule has 0 unspecified atom stereocenters. The lowest BCUT2D eigenvalue weighted by Crippen LogP contribution is -2.56. The van der Waals surface area contributed by atoms with E-state index in [9.17, 15) is 14.4 Å². The number of hydrazine groups is 1. The average Bonchev–Trinajstić information content (AvgIpc) is 2.57. The third kappa shape index (κ3) is 8.54. The van der Waals surface area contributed by atoms with Crippen LogP contribution in [0, 0.1) is 5.92 Å². The maximum Gasteiger partial charge on any atom is 0.426 e. The monoisotopic (exact) mass is 378 g/mol. The molecule has 0 fully saturated rings. The second-order valence-electron chi connectivity index (χ2n) is 7.64. The summed E-state index contributed by atoms with van der Waals surface area (Å²) >= 11 is 0. The van der Waals surface area contributed by atoms with Crippen LogP contribution in [0.5, 0.6) is 0 Å². The first-order valence-corrected chi connectivity index (χ1v) is 8.88. The fourth-order valence-electron chi connectivity index (χ4n) is 2.13. The van der Waals surface area contributed by atoms with Crippen molar-refractivity contribution in [3.63, 3.8) is 0 Å². The molecule has 0 heterocycles. The molecule has 0 aliphatic rings. The van der Waals surface area contributed by atoms with Crippen molar-refractivity contribution in [2.75, 3.05) is 0 Å². The van der Waals surface area contributed by atoms with Gasteiger partial charge in [0.05, 0.1) is 6.04 Å². The number of ether oxygens (including phenoxy) is 1. The number of carbonyl (C=O) groups is 3. The first-order valence-electron chi connectivity index (χ1n) is 8.88. The molecule has 0 spiro atoms. The zero-order chi connectivity index (χ0) is 20.6. The number of nitrogens with one attached hydrogen (secondary N) is 3. The smallest absolute Gasteiger partial charge is 0.426 e. The molecule has 0 saturated heterocycles. The minimum absolute atomic E-state index is 0.0784. The van der Waals surface area contributed by atoms with Gasteiger partial charge in [0.25, 0.3) is 5.91 Å². The Morgan fingerprint density at radius 2 is 1.63 bits per heavy atom. The maximum atomic E-state index is 12.5. The molecule has 0 saturated carbocycles. The summed E-state index contributed by atoms with van der Waals surface area (Å²) in [5, 5.41) is 2.65. The Labute approximate surface area is 160 Å². The molecule has 8 nitrogen and oxygen atoms in total.